The number of rotatable bonds is 2. The van der Waals surface area contributed by atoms with Crippen LogP contribution in [0.5, 0.6) is 0 Å². The highest BCUT2D eigenvalue weighted by Gasteiger charge is 2.18. The molecule has 1 fully saturated rings. The summed E-state index contributed by atoms with van der Waals surface area (Å²) in [5.74, 6) is -0.327. The summed E-state index contributed by atoms with van der Waals surface area (Å²) < 4.78 is 26.2. The molecule has 0 aromatic heterocycles. The van der Waals surface area contributed by atoms with Gasteiger partial charge in [0.05, 0.1) is 5.84 Å². The SMILES string of the molecule is N=C1CCCN1Cc1cc(F)ccc1F. The third-order valence-electron chi connectivity index (χ3n) is 2.59. The molecule has 0 amide bonds. The first-order valence-electron chi connectivity index (χ1n) is 4.93. The number of hydrogen-bond donors (Lipinski definition) is 1. The van der Waals surface area contributed by atoms with E-state index in [1.807, 2.05) is 0 Å². The molecule has 1 aliphatic rings. The first-order valence-corrected chi connectivity index (χ1v) is 4.93. The van der Waals surface area contributed by atoms with E-state index in [1.165, 1.54) is 6.07 Å². The van der Waals surface area contributed by atoms with Crippen molar-refractivity contribution in [3.63, 3.8) is 0 Å². The predicted octanol–water partition coefficient (Wildman–Crippen LogP) is 2.54. The van der Waals surface area contributed by atoms with Crippen molar-refractivity contribution in [2.75, 3.05) is 6.54 Å². The van der Waals surface area contributed by atoms with Crippen LogP contribution in [0.1, 0.15) is 18.4 Å². The second-order valence-electron chi connectivity index (χ2n) is 3.71. The molecule has 0 saturated carbocycles. The van der Waals surface area contributed by atoms with Gasteiger partial charge in [0, 0.05) is 25.1 Å². The molecular formula is C11H12F2N2. The minimum absolute atomic E-state index is 0.294. The minimum atomic E-state index is -0.433. The lowest BCUT2D eigenvalue weighted by molar-refractivity contribution is 0.431. The summed E-state index contributed by atoms with van der Waals surface area (Å²) in [6, 6.07) is 3.43. The van der Waals surface area contributed by atoms with E-state index < -0.39 is 11.6 Å². The third-order valence-corrected chi connectivity index (χ3v) is 2.59. The van der Waals surface area contributed by atoms with Gasteiger partial charge in [-0.1, -0.05) is 0 Å². The van der Waals surface area contributed by atoms with E-state index in [2.05, 4.69) is 0 Å². The van der Waals surface area contributed by atoms with E-state index in [-0.39, 0.29) is 0 Å². The minimum Gasteiger partial charge on any atom is -0.356 e. The summed E-state index contributed by atoms with van der Waals surface area (Å²) in [6.45, 7) is 1.05. The molecule has 1 aliphatic heterocycles. The summed E-state index contributed by atoms with van der Waals surface area (Å²) in [6.07, 6.45) is 1.66. The van der Waals surface area contributed by atoms with E-state index in [1.54, 1.807) is 4.90 Å². The van der Waals surface area contributed by atoms with E-state index in [0.717, 1.165) is 31.5 Å². The number of nitrogens with zero attached hydrogens (tertiary/aromatic N) is 1. The molecule has 1 saturated heterocycles. The second kappa shape index (κ2) is 3.96. The lowest BCUT2D eigenvalue weighted by Gasteiger charge is -2.17. The van der Waals surface area contributed by atoms with Crippen molar-refractivity contribution in [3.05, 3.63) is 35.4 Å². The lowest BCUT2D eigenvalue weighted by Crippen LogP contribution is -2.23. The highest BCUT2D eigenvalue weighted by molar-refractivity contribution is 5.80. The van der Waals surface area contributed by atoms with E-state index >= 15 is 0 Å². The number of halogens is 2. The fraction of sp³-hybridized carbons (Fsp3) is 0.364. The number of benzene rings is 1. The van der Waals surface area contributed by atoms with Crippen LogP contribution in [0.25, 0.3) is 0 Å². The van der Waals surface area contributed by atoms with Gasteiger partial charge in [0.1, 0.15) is 11.6 Å². The largest absolute Gasteiger partial charge is 0.356 e. The molecule has 0 atom stereocenters. The maximum absolute atomic E-state index is 13.3. The van der Waals surface area contributed by atoms with Crippen molar-refractivity contribution in [1.82, 2.24) is 4.90 Å². The molecule has 0 radical (unpaired) electrons. The van der Waals surface area contributed by atoms with Crippen molar-refractivity contribution in [2.45, 2.75) is 19.4 Å². The van der Waals surface area contributed by atoms with Gasteiger partial charge in [-0.05, 0) is 24.6 Å². The Balaban J connectivity index is 2.16. The van der Waals surface area contributed by atoms with Crippen LogP contribution in [0.2, 0.25) is 0 Å². The van der Waals surface area contributed by atoms with E-state index in [9.17, 15) is 8.78 Å². The molecule has 1 aromatic carbocycles. The van der Waals surface area contributed by atoms with Crippen molar-refractivity contribution in [2.24, 2.45) is 0 Å². The Labute approximate surface area is 87.0 Å². The number of likely N-dealkylation sites (tertiary alicyclic amines) is 1. The summed E-state index contributed by atoms with van der Waals surface area (Å²) in [5, 5.41) is 7.59. The second-order valence-corrected chi connectivity index (χ2v) is 3.71. The van der Waals surface area contributed by atoms with Crippen LogP contribution < -0.4 is 0 Å². The van der Waals surface area contributed by atoms with Crippen molar-refractivity contribution in [1.29, 1.82) is 5.41 Å². The molecule has 1 N–H and O–H groups in total. The molecule has 15 heavy (non-hydrogen) atoms. The summed E-state index contributed by atoms with van der Waals surface area (Å²) >= 11 is 0. The molecular weight excluding hydrogens is 198 g/mol. The molecule has 0 bridgehead atoms. The average molecular weight is 210 g/mol. The zero-order chi connectivity index (χ0) is 10.8. The summed E-state index contributed by atoms with van der Waals surface area (Å²) in [4.78, 5) is 1.78. The fourth-order valence-corrected chi connectivity index (χ4v) is 1.78. The normalized spacial score (nSPS) is 16.1. The Morgan fingerprint density at radius 3 is 2.80 bits per heavy atom. The fourth-order valence-electron chi connectivity index (χ4n) is 1.78. The lowest BCUT2D eigenvalue weighted by atomic mass is 10.2. The van der Waals surface area contributed by atoms with Gasteiger partial charge in [0.15, 0.2) is 0 Å². The van der Waals surface area contributed by atoms with Gasteiger partial charge < -0.3 is 4.90 Å². The number of amidine groups is 1. The molecule has 0 spiro atoms. The Morgan fingerprint density at radius 2 is 2.13 bits per heavy atom. The van der Waals surface area contributed by atoms with E-state index in [0.29, 0.717) is 17.9 Å². The summed E-state index contributed by atoms with van der Waals surface area (Å²) in [5.41, 5.74) is 0.321. The maximum atomic E-state index is 13.3. The van der Waals surface area contributed by atoms with Gasteiger partial charge >= 0.3 is 0 Å². The Morgan fingerprint density at radius 1 is 1.33 bits per heavy atom. The standard InChI is InChI=1S/C11H12F2N2/c12-9-3-4-10(13)8(6-9)7-15-5-1-2-11(15)14/h3-4,6,14H,1-2,5,7H2. The van der Waals surface area contributed by atoms with Crippen LogP contribution in [-0.4, -0.2) is 17.3 Å². The number of nitrogens with one attached hydrogen (secondary N) is 1. The highest BCUT2D eigenvalue weighted by Crippen LogP contribution is 2.17. The predicted molar refractivity (Wildman–Crippen MR) is 53.7 cm³/mol. The highest BCUT2D eigenvalue weighted by atomic mass is 19.1. The van der Waals surface area contributed by atoms with Crippen molar-refractivity contribution >= 4 is 5.84 Å². The summed E-state index contributed by atoms with van der Waals surface area (Å²) in [7, 11) is 0. The maximum Gasteiger partial charge on any atom is 0.128 e. The quantitative estimate of drug-likeness (QED) is 0.797. The van der Waals surface area contributed by atoms with Crippen LogP contribution in [0.4, 0.5) is 8.78 Å². The van der Waals surface area contributed by atoms with Crippen LogP contribution >= 0.6 is 0 Å². The van der Waals surface area contributed by atoms with Gasteiger partial charge in [-0.3, -0.25) is 5.41 Å². The molecule has 80 valence electrons. The van der Waals surface area contributed by atoms with E-state index in [4.69, 9.17) is 5.41 Å². The van der Waals surface area contributed by atoms with Gasteiger partial charge in [0.25, 0.3) is 0 Å². The monoisotopic (exact) mass is 210 g/mol. The van der Waals surface area contributed by atoms with Crippen LogP contribution in [0.3, 0.4) is 0 Å². The van der Waals surface area contributed by atoms with Gasteiger partial charge in [-0.15, -0.1) is 0 Å². The van der Waals surface area contributed by atoms with Gasteiger partial charge in [0.2, 0.25) is 0 Å². The molecule has 4 heteroatoms. The first kappa shape index (κ1) is 10.1. The Kier molecular flexibility index (Phi) is 2.66. The Bertz CT molecular complexity index is 390. The molecule has 1 aromatic rings. The zero-order valence-corrected chi connectivity index (χ0v) is 8.26. The van der Waals surface area contributed by atoms with Crippen molar-refractivity contribution in [3.8, 4) is 0 Å². The topological polar surface area (TPSA) is 27.1 Å². The van der Waals surface area contributed by atoms with Crippen LogP contribution in [0.15, 0.2) is 18.2 Å². The van der Waals surface area contributed by atoms with Crippen LogP contribution in [-0.2, 0) is 6.54 Å². The third kappa shape index (κ3) is 2.14. The van der Waals surface area contributed by atoms with Crippen molar-refractivity contribution < 1.29 is 8.78 Å². The Hall–Kier alpha value is -1.45. The molecule has 0 aliphatic carbocycles. The first-order chi connectivity index (χ1) is 7.16. The van der Waals surface area contributed by atoms with Crippen LogP contribution in [0, 0.1) is 17.0 Å². The zero-order valence-electron chi connectivity index (χ0n) is 8.26. The molecule has 0 unspecified atom stereocenters. The molecule has 2 nitrogen and oxygen atoms in total. The van der Waals surface area contributed by atoms with Gasteiger partial charge in [-0.25, -0.2) is 8.78 Å². The molecule has 2 rings (SSSR count). The van der Waals surface area contributed by atoms with Gasteiger partial charge in [-0.2, -0.15) is 0 Å². The average Bonchev–Trinajstić information content (AvgIpc) is 2.58. The molecule has 1 heterocycles. The smallest absolute Gasteiger partial charge is 0.128 e. The number of hydrogen-bond acceptors (Lipinski definition) is 1.